The van der Waals surface area contributed by atoms with Crippen LogP contribution in [0.3, 0.4) is 0 Å². The van der Waals surface area contributed by atoms with Crippen LogP contribution < -0.4 is 10.6 Å². The van der Waals surface area contributed by atoms with Crippen LogP contribution in [0.5, 0.6) is 0 Å². The average molecular weight is 278 g/mol. The molecular weight excluding hydrogens is 256 g/mol. The summed E-state index contributed by atoms with van der Waals surface area (Å²) in [6.45, 7) is 4.24. The molecule has 1 aromatic heterocycles. The van der Waals surface area contributed by atoms with Gasteiger partial charge in [0.15, 0.2) is 0 Å². The van der Waals surface area contributed by atoms with Crippen LogP contribution in [-0.4, -0.2) is 24.0 Å². The van der Waals surface area contributed by atoms with E-state index in [1.165, 1.54) is 23.3 Å². The third kappa shape index (κ3) is 2.70. The van der Waals surface area contributed by atoms with E-state index in [0.717, 1.165) is 24.1 Å². The van der Waals surface area contributed by atoms with Gasteiger partial charge in [0, 0.05) is 23.0 Å². The van der Waals surface area contributed by atoms with Gasteiger partial charge in [-0.05, 0) is 50.7 Å². The summed E-state index contributed by atoms with van der Waals surface area (Å²) in [5, 5.41) is 6.84. The molecule has 3 heterocycles. The topological polar surface area (TPSA) is 41.1 Å². The van der Waals surface area contributed by atoms with Gasteiger partial charge in [-0.25, -0.2) is 0 Å². The van der Waals surface area contributed by atoms with Crippen LogP contribution in [0.2, 0.25) is 0 Å². The summed E-state index contributed by atoms with van der Waals surface area (Å²) >= 11 is 1.65. The van der Waals surface area contributed by atoms with Gasteiger partial charge in [0.2, 0.25) is 0 Å². The molecule has 0 spiro atoms. The van der Waals surface area contributed by atoms with Crippen molar-refractivity contribution < 1.29 is 4.79 Å². The van der Waals surface area contributed by atoms with Crippen molar-refractivity contribution in [2.75, 3.05) is 0 Å². The maximum absolute atomic E-state index is 12.3. The maximum Gasteiger partial charge on any atom is 0.261 e. The van der Waals surface area contributed by atoms with Crippen molar-refractivity contribution in [1.29, 1.82) is 0 Å². The number of piperidine rings is 1. The number of carbonyl (C=O) groups is 1. The largest absolute Gasteiger partial charge is 0.348 e. The van der Waals surface area contributed by atoms with E-state index < -0.39 is 0 Å². The molecule has 1 amide bonds. The first kappa shape index (κ1) is 13.1. The summed E-state index contributed by atoms with van der Waals surface area (Å²) in [5.74, 6) is 0.124. The molecule has 2 N–H and O–H groups in total. The van der Waals surface area contributed by atoms with Crippen molar-refractivity contribution in [3.63, 3.8) is 0 Å². The van der Waals surface area contributed by atoms with Gasteiger partial charge in [0.05, 0.1) is 4.88 Å². The lowest BCUT2D eigenvalue weighted by Crippen LogP contribution is -2.47. The normalized spacial score (nSPS) is 29.5. The zero-order valence-corrected chi connectivity index (χ0v) is 12.5. The average Bonchev–Trinajstić information content (AvgIpc) is 2.92. The molecule has 3 rings (SSSR count). The lowest BCUT2D eigenvalue weighted by molar-refractivity contribution is 0.0928. The second kappa shape index (κ2) is 5.25. The van der Waals surface area contributed by atoms with Gasteiger partial charge in [-0.1, -0.05) is 6.92 Å². The number of rotatable bonds is 3. The molecule has 3 nitrogen and oxygen atoms in total. The third-order valence-corrected chi connectivity index (χ3v) is 5.75. The Hall–Kier alpha value is -0.870. The summed E-state index contributed by atoms with van der Waals surface area (Å²) in [4.78, 5) is 14.5. The minimum atomic E-state index is 0.124. The lowest BCUT2D eigenvalue weighted by atomic mass is 10.00. The Kier molecular flexibility index (Phi) is 3.63. The summed E-state index contributed by atoms with van der Waals surface area (Å²) < 4.78 is 0. The van der Waals surface area contributed by atoms with Crippen LogP contribution in [0.1, 0.15) is 52.7 Å². The van der Waals surface area contributed by atoms with Crippen LogP contribution in [-0.2, 0) is 6.42 Å². The smallest absolute Gasteiger partial charge is 0.261 e. The Bertz CT molecular complexity index is 470. The van der Waals surface area contributed by atoms with Crippen LogP contribution >= 0.6 is 11.3 Å². The molecule has 2 aliphatic heterocycles. The first-order valence-corrected chi connectivity index (χ1v) is 8.13. The molecule has 2 aliphatic rings. The van der Waals surface area contributed by atoms with Crippen molar-refractivity contribution in [2.45, 2.75) is 64.1 Å². The van der Waals surface area contributed by atoms with Gasteiger partial charge in [-0.3, -0.25) is 4.79 Å². The molecule has 0 radical (unpaired) electrons. The zero-order valence-electron chi connectivity index (χ0n) is 11.7. The molecule has 2 bridgehead atoms. The van der Waals surface area contributed by atoms with E-state index in [-0.39, 0.29) is 5.91 Å². The molecule has 1 aromatic rings. The highest BCUT2D eigenvalue weighted by Crippen LogP contribution is 2.28. The van der Waals surface area contributed by atoms with Crippen LogP contribution in [0.4, 0.5) is 0 Å². The number of hydrogen-bond acceptors (Lipinski definition) is 3. The molecule has 2 atom stereocenters. The van der Waals surface area contributed by atoms with E-state index in [1.54, 1.807) is 11.3 Å². The summed E-state index contributed by atoms with van der Waals surface area (Å²) in [6, 6.07) is 3.65. The molecule has 0 aliphatic carbocycles. The Morgan fingerprint density at radius 3 is 2.68 bits per heavy atom. The molecular formula is C15H22N2OS. The number of carbonyl (C=O) groups excluding carboxylic acids is 1. The zero-order chi connectivity index (χ0) is 13.4. The van der Waals surface area contributed by atoms with Crippen LogP contribution in [0, 0.1) is 6.92 Å². The number of aryl methyl sites for hydroxylation is 2. The maximum atomic E-state index is 12.3. The Balaban J connectivity index is 1.64. The Morgan fingerprint density at radius 2 is 2.11 bits per heavy atom. The number of thiophene rings is 1. The van der Waals surface area contributed by atoms with E-state index in [1.807, 2.05) is 6.07 Å². The van der Waals surface area contributed by atoms with E-state index >= 15 is 0 Å². The van der Waals surface area contributed by atoms with Gasteiger partial charge < -0.3 is 10.6 Å². The highest BCUT2D eigenvalue weighted by molar-refractivity contribution is 7.14. The van der Waals surface area contributed by atoms with Gasteiger partial charge in [-0.2, -0.15) is 0 Å². The minimum absolute atomic E-state index is 0.124. The van der Waals surface area contributed by atoms with Crippen molar-refractivity contribution in [3.05, 3.63) is 21.4 Å². The number of fused-ring (bicyclic) bond motifs is 2. The fraction of sp³-hybridized carbons (Fsp3) is 0.667. The molecule has 0 saturated carbocycles. The highest BCUT2D eigenvalue weighted by Gasteiger charge is 2.34. The lowest BCUT2D eigenvalue weighted by Gasteiger charge is -2.29. The van der Waals surface area contributed by atoms with E-state index in [0.29, 0.717) is 18.1 Å². The van der Waals surface area contributed by atoms with Gasteiger partial charge >= 0.3 is 0 Å². The van der Waals surface area contributed by atoms with Crippen molar-refractivity contribution in [1.82, 2.24) is 10.6 Å². The molecule has 2 saturated heterocycles. The predicted molar refractivity (Wildman–Crippen MR) is 78.9 cm³/mol. The van der Waals surface area contributed by atoms with E-state index in [4.69, 9.17) is 0 Å². The SMILES string of the molecule is CCc1sc(C(=O)NC2CC3CCC(C2)N3)cc1C. The van der Waals surface area contributed by atoms with Crippen LogP contribution in [0.15, 0.2) is 6.07 Å². The standard InChI is InChI=1S/C15H22N2OS/c1-3-13-9(2)6-14(19-13)15(18)17-12-7-10-4-5-11(8-12)16-10/h6,10-12,16H,3-5,7-8H2,1-2H3,(H,17,18). The first-order valence-electron chi connectivity index (χ1n) is 7.32. The predicted octanol–water partition coefficient (Wildman–Crippen LogP) is 2.63. The Morgan fingerprint density at radius 1 is 1.42 bits per heavy atom. The molecule has 104 valence electrons. The van der Waals surface area contributed by atoms with E-state index in [9.17, 15) is 4.79 Å². The van der Waals surface area contributed by atoms with E-state index in [2.05, 4.69) is 24.5 Å². The minimum Gasteiger partial charge on any atom is -0.348 e. The fourth-order valence-corrected chi connectivity index (χ4v) is 4.43. The highest BCUT2D eigenvalue weighted by atomic mass is 32.1. The summed E-state index contributed by atoms with van der Waals surface area (Å²) in [7, 11) is 0. The van der Waals surface area contributed by atoms with Gasteiger partial charge in [-0.15, -0.1) is 11.3 Å². The second-order valence-corrected chi connectivity index (χ2v) is 6.99. The molecule has 0 aromatic carbocycles. The fourth-order valence-electron chi connectivity index (χ4n) is 3.41. The monoisotopic (exact) mass is 278 g/mol. The second-order valence-electron chi connectivity index (χ2n) is 5.85. The number of hydrogen-bond donors (Lipinski definition) is 2. The van der Waals surface area contributed by atoms with Crippen molar-refractivity contribution >= 4 is 17.2 Å². The van der Waals surface area contributed by atoms with Crippen LogP contribution in [0.25, 0.3) is 0 Å². The Labute approximate surface area is 118 Å². The first-order chi connectivity index (χ1) is 9.15. The molecule has 2 unspecified atom stereocenters. The summed E-state index contributed by atoms with van der Waals surface area (Å²) in [6.07, 6.45) is 5.74. The molecule has 4 heteroatoms. The van der Waals surface area contributed by atoms with Crippen molar-refractivity contribution in [3.8, 4) is 0 Å². The van der Waals surface area contributed by atoms with Gasteiger partial charge in [0.1, 0.15) is 0 Å². The third-order valence-electron chi connectivity index (χ3n) is 4.37. The quantitative estimate of drug-likeness (QED) is 0.892. The molecule has 19 heavy (non-hydrogen) atoms. The van der Waals surface area contributed by atoms with Crippen molar-refractivity contribution in [2.24, 2.45) is 0 Å². The van der Waals surface area contributed by atoms with Gasteiger partial charge in [0.25, 0.3) is 5.91 Å². The molecule has 2 fully saturated rings. The number of nitrogens with one attached hydrogen (secondary N) is 2. The summed E-state index contributed by atoms with van der Waals surface area (Å²) in [5.41, 5.74) is 1.25. The number of amides is 1.